The minimum Gasteiger partial charge on any atom is -0.350 e. The van der Waals surface area contributed by atoms with Gasteiger partial charge in [0.15, 0.2) is 0 Å². The maximum atomic E-state index is 12.0. The summed E-state index contributed by atoms with van der Waals surface area (Å²) in [6.07, 6.45) is 2.87. The van der Waals surface area contributed by atoms with Crippen molar-refractivity contribution in [2.45, 2.75) is 24.3 Å². The van der Waals surface area contributed by atoms with Gasteiger partial charge in [0.25, 0.3) is 5.91 Å². The van der Waals surface area contributed by atoms with Crippen LogP contribution in [0, 0.1) is 0 Å². The fraction of sp³-hybridized carbons (Fsp3) is 0.417. The first kappa shape index (κ1) is 14.9. The summed E-state index contributed by atoms with van der Waals surface area (Å²) in [4.78, 5) is 13.0. The third kappa shape index (κ3) is 4.53. The molecule has 0 fully saturated rings. The molecule has 0 aliphatic heterocycles. The van der Waals surface area contributed by atoms with Gasteiger partial charge in [0.2, 0.25) is 0 Å². The van der Waals surface area contributed by atoms with E-state index in [1.54, 1.807) is 17.8 Å². The van der Waals surface area contributed by atoms with Crippen molar-refractivity contribution in [1.82, 2.24) is 5.32 Å². The summed E-state index contributed by atoms with van der Waals surface area (Å²) in [6.45, 7) is 1.98. The van der Waals surface area contributed by atoms with E-state index in [9.17, 15) is 4.79 Å². The summed E-state index contributed by atoms with van der Waals surface area (Å²) in [5.74, 6) is -0.112. The molecule has 17 heavy (non-hydrogen) atoms. The Labute approximate surface area is 120 Å². The number of nitrogens with one attached hydrogen (secondary N) is 1. The molecule has 1 unspecified atom stereocenters. The first-order valence-electron chi connectivity index (χ1n) is 5.29. The van der Waals surface area contributed by atoms with Crippen molar-refractivity contribution >= 4 is 45.2 Å². The molecule has 0 bridgehead atoms. The van der Waals surface area contributed by atoms with Gasteiger partial charge in [-0.15, -0.1) is 11.8 Å². The SMILES string of the molecule is CSc1ccc(Cl)c(C(=O)NC(C)CCBr)c1. The van der Waals surface area contributed by atoms with Crippen LogP contribution in [0.3, 0.4) is 0 Å². The molecule has 1 rings (SSSR count). The van der Waals surface area contributed by atoms with Crippen molar-refractivity contribution in [2.24, 2.45) is 0 Å². The van der Waals surface area contributed by atoms with E-state index in [4.69, 9.17) is 11.6 Å². The number of carbonyl (C=O) groups excluding carboxylic acids is 1. The Kier molecular flexibility index (Phi) is 6.38. The van der Waals surface area contributed by atoms with Gasteiger partial charge in [0, 0.05) is 16.3 Å². The minimum absolute atomic E-state index is 0.112. The fourth-order valence-electron chi connectivity index (χ4n) is 1.34. The number of benzene rings is 1. The van der Waals surface area contributed by atoms with E-state index in [1.165, 1.54) is 0 Å². The standard InChI is InChI=1S/C12H15BrClNOS/c1-8(5-6-13)15-12(16)10-7-9(17-2)3-4-11(10)14/h3-4,7-8H,5-6H2,1-2H3,(H,15,16). The molecule has 0 aliphatic carbocycles. The van der Waals surface area contributed by atoms with Crippen LogP contribution in [0.2, 0.25) is 5.02 Å². The molecule has 0 saturated carbocycles. The molecule has 94 valence electrons. The Bertz CT molecular complexity index is 400. The molecular weight excluding hydrogens is 322 g/mol. The van der Waals surface area contributed by atoms with Gasteiger partial charge in [-0.05, 0) is 37.8 Å². The van der Waals surface area contributed by atoms with Crippen molar-refractivity contribution in [2.75, 3.05) is 11.6 Å². The summed E-state index contributed by atoms with van der Waals surface area (Å²) in [7, 11) is 0. The number of hydrogen-bond donors (Lipinski definition) is 1. The van der Waals surface area contributed by atoms with Gasteiger partial charge in [-0.25, -0.2) is 0 Å². The summed E-state index contributed by atoms with van der Waals surface area (Å²) in [5.41, 5.74) is 0.542. The molecular formula is C12H15BrClNOS. The van der Waals surface area contributed by atoms with Crippen LogP contribution in [0.25, 0.3) is 0 Å². The van der Waals surface area contributed by atoms with Gasteiger partial charge in [0.05, 0.1) is 10.6 Å². The highest BCUT2D eigenvalue weighted by atomic mass is 79.9. The van der Waals surface area contributed by atoms with Crippen LogP contribution in [-0.2, 0) is 0 Å². The molecule has 1 aromatic carbocycles. The smallest absolute Gasteiger partial charge is 0.253 e. The highest BCUT2D eigenvalue weighted by molar-refractivity contribution is 9.09. The lowest BCUT2D eigenvalue weighted by molar-refractivity contribution is 0.0939. The molecule has 0 heterocycles. The summed E-state index contributed by atoms with van der Waals surface area (Å²) in [5, 5.41) is 4.29. The first-order valence-corrected chi connectivity index (χ1v) is 8.01. The highest BCUT2D eigenvalue weighted by Gasteiger charge is 2.13. The molecule has 5 heteroatoms. The van der Waals surface area contributed by atoms with Gasteiger partial charge in [-0.3, -0.25) is 4.79 Å². The van der Waals surface area contributed by atoms with E-state index < -0.39 is 0 Å². The van der Waals surface area contributed by atoms with Crippen LogP contribution in [0.1, 0.15) is 23.7 Å². The second-order valence-electron chi connectivity index (χ2n) is 3.70. The van der Waals surface area contributed by atoms with Crippen LogP contribution in [0.15, 0.2) is 23.1 Å². The van der Waals surface area contributed by atoms with E-state index in [2.05, 4.69) is 21.2 Å². The highest BCUT2D eigenvalue weighted by Crippen LogP contribution is 2.23. The van der Waals surface area contributed by atoms with E-state index >= 15 is 0 Å². The molecule has 0 aliphatic rings. The third-order valence-electron chi connectivity index (χ3n) is 2.34. The molecule has 0 saturated heterocycles. The third-order valence-corrected chi connectivity index (χ3v) is 3.85. The topological polar surface area (TPSA) is 29.1 Å². The van der Waals surface area contributed by atoms with E-state index in [0.717, 1.165) is 16.6 Å². The molecule has 1 aromatic rings. The Balaban J connectivity index is 2.80. The number of hydrogen-bond acceptors (Lipinski definition) is 2. The average molecular weight is 337 g/mol. The zero-order chi connectivity index (χ0) is 12.8. The van der Waals surface area contributed by atoms with Crippen LogP contribution in [-0.4, -0.2) is 23.5 Å². The quantitative estimate of drug-likeness (QED) is 0.651. The Morgan fingerprint density at radius 1 is 1.59 bits per heavy atom. The Morgan fingerprint density at radius 3 is 2.88 bits per heavy atom. The van der Waals surface area contributed by atoms with Crippen LogP contribution in [0.4, 0.5) is 0 Å². The zero-order valence-electron chi connectivity index (χ0n) is 9.80. The van der Waals surface area contributed by atoms with Gasteiger partial charge < -0.3 is 5.32 Å². The number of alkyl halides is 1. The average Bonchev–Trinajstić information content (AvgIpc) is 2.29. The van der Waals surface area contributed by atoms with Gasteiger partial charge in [-0.1, -0.05) is 27.5 Å². The second-order valence-corrected chi connectivity index (χ2v) is 5.78. The van der Waals surface area contributed by atoms with E-state index in [0.29, 0.717) is 10.6 Å². The largest absolute Gasteiger partial charge is 0.350 e. The Hall–Kier alpha value is -0.190. The maximum Gasteiger partial charge on any atom is 0.253 e. The van der Waals surface area contributed by atoms with Gasteiger partial charge in [-0.2, -0.15) is 0 Å². The molecule has 1 amide bonds. The van der Waals surface area contributed by atoms with Gasteiger partial charge in [0.1, 0.15) is 0 Å². The number of amides is 1. The summed E-state index contributed by atoms with van der Waals surface area (Å²) in [6, 6.07) is 5.63. The van der Waals surface area contributed by atoms with Crippen molar-refractivity contribution in [3.63, 3.8) is 0 Å². The monoisotopic (exact) mass is 335 g/mol. The number of halogens is 2. The van der Waals surface area contributed by atoms with Crippen LogP contribution < -0.4 is 5.32 Å². The maximum absolute atomic E-state index is 12.0. The molecule has 1 atom stereocenters. The number of rotatable bonds is 5. The number of thioether (sulfide) groups is 1. The second kappa shape index (κ2) is 7.29. The number of carbonyl (C=O) groups is 1. The van der Waals surface area contributed by atoms with Gasteiger partial charge >= 0.3 is 0 Å². The molecule has 0 radical (unpaired) electrons. The summed E-state index contributed by atoms with van der Waals surface area (Å²) < 4.78 is 0. The lowest BCUT2D eigenvalue weighted by Gasteiger charge is -2.13. The first-order chi connectivity index (χ1) is 8.08. The Morgan fingerprint density at radius 2 is 2.29 bits per heavy atom. The molecule has 0 aromatic heterocycles. The predicted molar refractivity (Wildman–Crippen MR) is 78.6 cm³/mol. The van der Waals surface area contributed by atoms with E-state index in [-0.39, 0.29) is 11.9 Å². The molecule has 0 spiro atoms. The summed E-state index contributed by atoms with van der Waals surface area (Å²) >= 11 is 11.0. The van der Waals surface area contributed by atoms with E-state index in [1.807, 2.05) is 25.3 Å². The predicted octanol–water partition coefficient (Wildman–Crippen LogP) is 3.97. The van der Waals surface area contributed by atoms with Crippen molar-refractivity contribution < 1.29 is 4.79 Å². The molecule has 1 N–H and O–H groups in total. The fourth-order valence-corrected chi connectivity index (χ4v) is 2.67. The lowest BCUT2D eigenvalue weighted by Crippen LogP contribution is -2.32. The van der Waals surface area contributed by atoms with Crippen molar-refractivity contribution in [3.05, 3.63) is 28.8 Å². The van der Waals surface area contributed by atoms with Crippen molar-refractivity contribution in [1.29, 1.82) is 0 Å². The molecule has 2 nitrogen and oxygen atoms in total. The van der Waals surface area contributed by atoms with Crippen LogP contribution >= 0.6 is 39.3 Å². The lowest BCUT2D eigenvalue weighted by atomic mass is 10.2. The minimum atomic E-state index is -0.112. The normalized spacial score (nSPS) is 12.2. The van der Waals surface area contributed by atoms with Crippen LogP contribution in [0.5, 0.6) is 0 Å². The van der Waals surface area contributed by atoms with Crippen molar-refractivity contribution in [3.8, 4) is 0 Å². The zero-order valence-corrected chi connectivity index (χ0v) is 13.0.